The number of amides is 4. The number of carbonyl (C=O) groups excluding carboxylic acids is 5. The molecule has 0 saturated carbocycles. The van der Waals surface area contributed by atoms with Crippen molar-refractivity contribution in [2.24, 2.45) is 7.05 Å². The fourth-order valence-corrected chi connectivity index (χ4v) is 4.75. The number of aryl methyl sites for hydroxylation is 1. The molecule has 0 aliphatic heterocycles. The summed E-state index contributed by atoms with van der Waals surface area (Å²) in [6, 6.07) is 14.9. The first kappa shape index (κ1) is 37.3. The van der Waals surface area contributed by atoms with Crippen LogP contribution in [0.2, 0.25) is 0 Å². The number of carbonyl (C=O) groups is 5. The van der Waals surface area contributed by atoms with Crippen molar-refractivity contribution in [1.29, 1.82) is 0 Å². The molecule has 3 aromatic rings. The molecule has 1 heterocycles. The minimum atomic E-state index is -1.55. The lowest BCUT2D eigenvalue weighted by atomic mass is 9.99. The van der Waals surface area contributed by atoms with Crippen LogP contribution in [0, 0.1) is 0 Å². The van der Waals surface area contributed by atoms with Gasteiger partial charge >= 0.3 is 12.1 Å². The van der Waals surface area contributed by atoms with Crippen molar-refractivity contribution in [2.45, 2.75) is 83.1 Å². The molecule has 0 bridgehead atoms. The van der Waals surface area contributed by atoms with E-state index >= 15 is 0 Å². The Balaban J connectivity index is 1.80. The first-order valence-corrected chi connectivity index (χ1v) is 15.6. The fourth-order valence-electron chi connectivity index (χ4n) is 4.75. The Labute approximate surface area is 281 Å². The van der Waals surface area contributed by atoms with Gasteiger partial charge in [0.25, 0.3) is 0 Å². The van der Waals surface area contributed by atoms with Crippen LogP contribution in [-0.4, -0.2) is 75.7 Å². The Kier molecular flexibility index (Phi) is 12.9. The number of methoxy groups -OCH3 is 1. The average Bonchev–Trinajstić information content (AvgIpc) is 3.43. The number of hydrogen-bond donors (Lipinski definition) is 4. The van der Waals surface area contributed by atoms with Crippen LogP contribution in [0.4, 0.5) is 4.79 Å². The molecule has 3 atom stereocenters. The summed E-state index contributed by atoms with van der Waals surface area (Å²) in [5, 5.41) is 10.8. The van der Waals surface area contributed by atoms with Crippen molar-refractivity contribution < 1.29 is 33.4 Å². The van der Waals surface area contributed by atoms with E-state index in [0.717, 1.165) is 11.1 Å². The van der Waals surface area contributed by atoms with E-state index in [0.29, 0.717) is 5.69 Å². The number of aromatic nitrogens is 2. The predicted molar refractivity (Wildman–Crippen MR) is 178 cm³/mol. The summed E-state index contributed by atoms with van der Waals surface area (Å²) >= 11 is 0. The number of benzene rings is 2. The van der Waals surface area contributed by atoms with E-state index in [2.05, 4.69) is 26.3 Å². The summed E-state index contributed by atoms with van der Waals surface area (Å²) in [5.41, 5.74) is -0.255. The Morgan fingerprint density at radius 1 is 0.750 bits per heavy atom. The number of nitrogens with one attached hydrogen (secondary N) is 4. The van der Waals surface area contributed by atoms with Crippen LogP contribution in [0.5, 0.6) is 0 Å². The summed E-state index contributed by atoms with van der Waals surface area (Å²) in [6.07, 6.45) is 2.77. The Hall–Kier alpha value is -5.20. The molecule has 0 fully saturated rings. The van der Waals surface area contributed by atoms with Crippen molar-refractivity contribution in [3.8, 4) is 0 Å². The second-order valence-electron chi connectivity index (χ2n) is 13.0. The summed E-state index contributed by atoms with van der Waals surface area (Å²) in [4.78, 5) is 70.6. The van der Waals surface area contributed by atoms with Crippen LogP contribution < -0.4 is 21.3 Å². The lowest BCUT2D eigenvalue weighted by molar-refractivity contribution is -0.145. The van der Waals surface area contributed by atoms with E-state index in [1.807, 2.05) is 60.7 Å². The Morgan fingerprint density at radius 3 is 1.79 bits per heavy atom. The Bertz CT molecular complexity index is 1550. The van der Waals surface area contributed by atoms with Gasteiger partial charge in [0, 0.05) is 32.5 Å². The lowest BCUT2D eigenvalue weighted by Crippen LogP contribution is -2.62. The highest BCUT2D eigenvalue weighted by atomic mass is 16.6. The molecule has 3 rings (SSSR count). The molecule has 0 aliphatic rings. The number of imidazole rings is 1. The third-order valence-electron chi connectivity index (χ3n) is 7.17. The van der Waals surface area contributed by atoms with Gasteiger partial charge in [0.1, 0.15) is 29.3 Å². The zero-order valence-electron chi connectivity index (χ0n) is 28.5. The molecule has 0 unspecified atom stereocenters. The summed E-state index contributed by atoms with van der Waals surface area (Å²) in [6.45, 7) is 8.06. The Morgan fingerprint density at radius 2 is 1.29 bits per heavy atom. The monoisotopic (exact) mass is 662 g/mol. The molecule has 258 valence electrons. The SMILES string of the molecule is COC(=O)[C@@H](Cc1ccccc1)NC(=O)[C@H](Cc1ccccc1)NC(=O)C(C)(C)NC(=O)[C@H](Cc1cn(C)cn1)NC(=O)OC(C)(C)C. The summed E-state index contributed by atoms with van der Waals surface area (Å²) in [7, 11) is 3.01. The van der Waals surface area contributed by atoms with Crippen LogP contribution in [0.1, 0.15) is 51.4 Å². The molecule has 4 amide bonds. The fraction of sp³-hybridized carbons (Fsp3) is 0.429. The van der Waals surface area contributed by atoms with Crippen LogP contribution >= 0.6 is 0 Å². The van der Waals surface area contributed by atoms with Gasteiger partial charge < -0.3 is 35.3 Å². The maximum atomic E-state index is 13.7. The van der Waals surface area contributed by atoms with Crippen molar-refractivity contribution in [2.75, 3.05) is 7.11 Å². The molecule has 4 N–H and O–H groups in total. The third kappa shape index (κ3) is 11.9. The minimum Gasteiger partial charge on any atom is -0.467 e. The molecule has 0 saturated heterocycles. The molecular weight excluding hydrogens is 616 g/mol. The van der Waals surface area contributed by atoms with E-state index in [1.165, 1.54) is 21.0 Å². The summed E-state index contributed by atoms with van der Waals surface area (Å²) < 4.78 is 12.0. The highest BCUT2D eigenvalue weighted by Crippen LogP contribution is 2.12. The first-order valence-electron chi connectivity index (χ1n) is 15.6. The molecular formula is C35H46N6O7. The van der Waals surface area contributed by atoms with Gasteiger partial charge in [-0.05, 0) is 45.7 Å². The molecule has 1 aromatic heterocycles. The number of rotatable bonds is 14. The second kappa shape index (κ2) is 16.6. The molecule has 2 aromatic carbocycles. The predicted octanol–water partition coefficient (Wildman–Crippen LogP) is 2.38. The molecule has 0 spiro atoms. The normalized spacial score (nSPS) is 13.3. The largest absolute Gasteiger partial charge is 0.467 e. The van der Waals surface area contributed by atoms with E-state index in [4.69, 9.17) is 9.47 Å². The zero-order valence-corrected chi connectivity index (χ0v) is 28.5. The van der Waals surface area contributed by atoms with Gasteiger partial charge in [-0.3, -0.25) is 14.4 Å². The van der Waals surface area contributed by atoms with Gasteiger partial charge in [0.15, 0.2) is 0 Å². The number of esters is 1. The third-order valence-corrected chi connectivity index (χ3v) is 7.17. The summed E-state index contributed by atoms with van der Waals surface area (Å²) in [5.74, 6) is -2.58. The average molecular weight is 663 g/mol. The number of ether oxygens (including phenoxy) is 2. The molecule has 0 aliphatic carbocycles. The van der Waals surface area contributed by atoms with Gasteiger partial charge in [-0.2, -0.15) is 0 Å². The molecule has 13 heteroatoms. The van der Waals surface area contributed by atoms with Crippen molar-refractivity contribution in [3.63, 3.8) is 0 Å². The lowest BCUT2D eigenvalue weighted by Gasteiger charge is -2.30. The smallest absolute Gasteiger partial charge is 0.408 e. The molecule has 0 radical (unpaired) electrons. The number of nitrogens with zero attached hydrogens (tertiary/aromatic N) is 2. The topological polar surface area (TPSA) is 170 Å². The highest BCUT2D eigenvalue weighted by molar-refractivity contribution is 5.96. The van der Waals surface area contributed by atoms with Gasteiger partial charge in [-0.15, -0.1) is 0 Å². The van der Waals surface area contributed by atoms with E-state index in [-0.39, 0.29) is 19.3 Å². The van der Waals surface area contributed by atoms with E-state index in [1.54, 1.807) is 44.9 Å². The van der Waals surface area contributed by atoms with E-state index < -0.39 is 59.0 Å². The van der Waals surface area contributed by atoms with Crippen LogP contribution in [0.3, 0.4) is 0 Å². The molecule has 13 nitrogen and oxygen atoms in total. The van der Waals surface area contributed by atoms with Gasteiger partial charge in [0.2, 0.25) is 17.7 Å². The maximum absolute atomic E-state index is 13.7. The maximum Gasteiger partial charge on any atom is 0.408 e. The standard InChI is InChI=1S/C35H46N6O7/c1-34(2,3)48-33(46)39-27(20-25-21-41(6)22-36-25)30(43)40-35(4,5)32(45)38-26(18-23-14-10-8-11-15-23)29(42)37-28(31(44)47-7)19-24-16-12-9-13-17-24/h8-17,21-22,26-28H,18-20H2,1-7H3,(H,37,42)(H,38,45)(H,39,46)(H,40,43)/t26-,27-,28+/m0/s1. The van der Waals surface area contributed by atoms with Gasteiger partial charge in [-0.1, -0.05) is 60.7 Å². The minimum absolute atomic E-state index is 0.0268. The van der Waals surface area contributed by atoms with Crippen LogP contribution in [-0.2, 0) is 55.0 Å². The second-order valence-corrected chi connectivity index (χ2v) is 13.0. The van der Waals surface area contributed by atoms with E-state index in [9.17, 15) is 24.0 Å². The quantitative estimate of drug-likeness (QED) is 0.191. The molecule has 48 heavy (non-hydrogen) atoms. The van der Waals surface area contributed by atoms with Gasteiger partial charge in [0.05, 0.1) is 19.1 Å². The van der Waals surface area contributed by atoms with Gasteiger partial charge in [-0.25, -0.2) is 14.6 Å². The number of hydrogen-bond acceptors (Lipinski definition) is 8. The first-order chi connectivity index (χ1) is 22.6. The van der Waals surface area contributed by atoms with Crippen molar-refractivity contribution in [3.05, 3.63) is 90.0 Å². The van der Waals surface area contributed by atoms with Crippen LogP contribution in [0.25, 0.3) is 0 Å². The van der Waals surface area contributed by atoms with Crippen molar-refractivity contribution >= 4 is 29.8 Å². The number of alkyl carbamates (subject to hydrolysis) is 1. The zero-order chi connectivity index (χ0) is 35.5. The highest BCUT2D eigenvalue weighted by Gasteiger charge is 2.36. The van der Waals surface area contributed by atoms with Crippen LogP contribution in [0.15, 0.2) is 73.2 Å². The van der Waals surface area contributed by atoms with Crippen molar-refractivity contribution in [1.82, 2.24) is 30.8 Å².